The lowest BCUT2D eigenvalue weighted by Crippen LogP contribution is -2.02. The summed E-state index contributed by atoms with van der Waals surface area (Å²) in [6.45, 7) is 0. The van der Waals surface area contributed by atoms with Crippen LogP contribution in [0.25, 0.3) is 10.9 Å². The quantitative estimate of drug-likeness (QED) is 0.742. The molecule has 1 heterocycles. The molecule has 0 saturated carbocycles. The Kier molecular flexibility index (Phi) is 3.43. The van der Waals surface area contributed by atoms with E-state index in [9.17, 15) is 4.21 Å². The number of ether oxygens (including phenoxy) is 1. The number of methoxy groups -OCH3 is 1. The zero-order chi connectivity index (χ0) is 13.9. The van der Waals surface area contributed by atoms with Gasteiger partial charge in [0.15, 0.2) is 0 Å². The molecular formula is C15H12N2O2S. The van der Waals surface area contributed by atoms with Crippen LogP contribution in [-0.4, -0.2) is 21.5 Å². The average molecular weight is 284 g/mol. The second kappa shape index (κ2) is 5.38. The van der Waals surface area contributed by atoms with Crippen LogP contribution < -0.4 is 4.74 Å². The largest absolute Gasteiger partial charge is 0.479 e. The number of hydrogen-bond acceptors (Lipinski definition) is 4. The van der Waals surface area contributed by atoms with Crippen molar-refractivity contribution in [2.45, 2.75) is 9.79 Å². The van der Waals surface area contributed by atoms with Crippen molar-refractivity contribution in [3.8, 4) is 5.88 Å². The molecule has 3 rings (SSSR count). The maximum Gasteiger partial charge on any atom is 0.250 e. The van der Waals surface area contributed by atoms with E-state index in [1.165, 1.54) is 7.11 Å². The third-order valence-electron chi connectivity index (χ3n) is 2.93. The summed E-state index contributed by atoms with van der Waals surface area (Å²) in [5, 5.41) is 8.88. The summed E-state index contributed by atoms with van der Waals surface area (Å²) in [4.78, 5) is 1.27. The summed E-state index contributed by atoms with van der Waals surface area (Å²) in [6, 6.07) is 16.7. The molecule has 3 aromatic rings. The topological polar surface area (TPSA) is 52.1 Å². The molecule has 100 valence electrons. The lowest BCUT2D eigenvalue weighted by molar-refractivity contribution is 0.382. The number of aromatic nitrogens is 2. The Labute approximate surface area is 118 Å². The molecule has 5 heteroatoms. The summed E-state index contributed by atoms with van der Waals surface area (Å²) in [5.74, 6) is 0.297. The highest BCUT2D eigenvalue weighted by atomic mass is 32.2. The van der Waals surface area contributed by atoms with Crippen LogP contribution in [0.3, 0.4) is 0 Å². The smallest absolute Gasteiger partial charge is 0.250 e. The van der Waals surface area contributed by atoms with E-state index in [4.69, 9.17) is 4.74 Å². The van der Waals surface area contributed by atoms with Crippen molar-refractivity contribution in [3.63, 3.8) is 0 Å². The predicted molar refractivity (Wildman–Crippen MR) is 77.2 cm³/mol. The van der Waals surface area contributed by atoms with E-state index >= 15 is 0 Å². The molecule has 0 aliphatic rings. The third-order valence-corrected chi connectivity index (χ3v) is 4.39. The van der Waals surface area contributed by atoms with Crippen molar-refractivity contribution < 1.29 is 8.95 Å². The SMILES string of the molecule is COc1nnc2ccccc2c1S(=O)c1ccccc1. The second-order valence-corrected chi connectivity index (χ2v) is 5.55. The number of nitrogens with zero attached hydrogens (tertiary/aromatic N) is 2. The first kappa shape index (κ1) is 12.7. The summed E-state index contributed by atoms with van der Waals surface area (Å²) in [7, 11) is 0.144. The number of benzene rings is 2. The fourth-order valence-corrected chi connectivity index (χ4v) is 3.28. The molecule has 0 aliphatic carbocycles. The van der Waals surface area contributed by atoms with Gasteiger partial charge in [-0.1, -0.05) is 36.4 Å². The van der Waals surface area contributed by atoms with E-state index in [0.717, 1.165) is 5.39 Å². The molecule has 0 aliphatic heterocycles. The van der Waals surface area contributed by atoms with Crippen LogP contribution in [0.5, 0.6) is 5.88 Å². The van der Waals surface area contributed by atoms with Gasteiger partial charge in [-0.05, 0) is 18.2 Å². The lowest BCUT2D eigenvalue weighted by atomic mass is 10.2. The van der Waals surface area contributed by atoms with E-state index in [2.05, 4.69) is 10.2 Å². The van der Waals surface area contributed by atoms with E-state index in [1.54, 1.807) is 0 Å². The highest BCUT2D eigenvalue weighted by molar-refractivity contribution is 7.85. The van der Waals surface area contributed by atoms with E-state index in [1.807, 2.05) is 54.6 Å². The molecule has 0 amide bonds. The predicted octanol–water partition coefficient (Wildman–Crippen LogP) is 2.81. The van der Waals surface area contributed by atoms with Crippen LogP contribution in [0.1, 0.15) is 0 Å². The highest BCUT2D eigenvalue weighted by Crippen LogP contribution is 2.30. The molecule has 2 aromatic carbocycles. The first-order valence-corrected chi connectivity index (χ1v) is 7.22. The van der Waals surface area contributed by atoms with Crippen molar-refractivity contribution in [2.75, 3.05) is 7.11 Å². The van der Waals surface area contributed by atoms with Crippen LogP contribution in [0, 0.1) is 0 Å². The van der Waals surface area contributed by atoms with Gasteiger partial charge in [0.25, 0.3) is 5.88 Å². The Morgan fingerprint density at radius 3 is 2.40 bits per heavy atom. The monoisotopic (exact) mass is 284 g/mol. The highest BCUT2D eigenvalue weighted by Gasteiger charge is 2.18. The van der Waals surface area contributed by atoms with Gasteiger partial charge >= 0.3 is 0 Å². The fraction of sp³-hybridized carbons (Fsp3) is 0.0667. The van der Waals surface area contributed by atoms with E-state index in [0.29, 0.717) is 21.2 Å². The van der Waals surface area contributed by atoms with Crippen molar-refractivity contribution >= 4 is 21.7 Å². The average Bonchev–Trinajstić information content (AvgIpc) is 2.54. The van der Waals surface area contributed by atoms with Crippen molar-refractivity contribution in [1.82, 2.24) is 10.2 Å². The van der Waals surface area contributed by atoms with Gasteiger partial charge in [0.1, 0.15) is 4.90 Å². The molecule has 4 nitrogen and oxygen atoms in total. The number of rotatable bonds is 3. The van der Waals surface area contributed by atoms with Gasteiger partial charge in [0, 0.05) is 10.3 Å². The molecule has 0 bridgehead atoms. The Bertz CT molecular complexity index is 775. The van der Waals surface area contributed by atoms with Crippen LogP contribution in [0.15, 0.2) is 64.4 Å². The van der Waals surface area contributed by atoms with Crippen LogP contribution in [-0.2, 0) is 10.8 Å². The van der Waals surface area contributed by atoms with Gasteiger partial charge < -0.3 is 4.74 Å². The first-order valence-electron chi connectivity index (χ1n) is 6.07. The molecule has 0 radical (unpaired) electrons. The lowest BCUT2D eigenvalue weighted by Gasteiger charge is -2.09. The van der Waals surface area contributed by atoms with Gasteiger partial charge in [-0.2, -0.15) is 0 Å². The molecule has 1 unspecified atom stereocenters. The summed E-state index contributed by atoms with van der Waals surface area (Å²) in [5.41, 5.74) is 0.701. The normalized spacial score (nSPS) is 12.2. The van der Waals surface area contributed by atoms with Gasteiger partial charge in [-0.3, -0.25) is 0 Å². The van der Waals surface area contributed by atoms with Crippen LogP contribution in [0.2, 0.25) is 0 Å². The van der Waals surface area contributed by atoms with Gasteiger partial charge in [0.2, 0.25) is 0 Å². The van der Waals surface area contributed by atoms with Gasteiger partial charge in [-0.25, -0.2) is 4.21 Å². The minimum Gasteiger partial charge on any atom is -0.479 e. The van der Waals surface area contributed by atoms with Crippen molar-refractivity contribution in [2.24, 2.45) is 0 Å². The van der Waals surface area contributed by atoms with Crippen LogP contribution >= 0.6 is 0 Å². The Morgan fingerprint density at radius 2 is 1.65 bits per heavy atom. The van der Waals surface area contributed by atoms with Crippen molar-refractivity contribution in [3.05, 3.63) is 54.6 Å². The molecule has 1 atom stereocenters. The molecule has 0 N–H and O–H groups in total. The number of fused-ring (bicyclic) bond motifs is 1. The van der Waals surface area contributed by atoms with Gasteiger partial charge in [-0.15, -0.1) is 10.2 Å². The Morgan fingerprint density at radius 1 is 0.950 bits per heavy atom. The number of hydrogen-bond donors (Lipinski definition) is 0. The molecule has 0 spiro atoms. The van der Waals surface area contributed by atoms with Crippen LogP contribution in [0.4, 0.5) is 0 Å². The third kappa shape index (κ3) is 2.16. The second-order valence-electron chi connectivity index (χ2n) is 4.14. The molecule has 1 aromatic heterocycles. The van der Waals surface area contributed by atoms with Crippen molar-refractivity contribution in [1.29, 1.82) is 0 Å². The van der Waals surface area contributed by atoms with E-state index < -0.39 is 10.8 Å². The molecule has 20 heavy (non-hydrogen) atoms. The molecule has 0 saturated heterocycles. The summed E-state index contributed by atoms with van der Waals surface area (Å²) < 4.78 is 18.0. The maximum atomic E-state index is 12.8. The Balaban J connectivity index is 2.26. The first-order chi connectivity index (χ1) is 9.81. The zero-order valence-corrected chi connectivity index (χ0v) is 11.6. The summed E-state index contributed by atoms with van der Waals surface area (Å²) >= 11 is 0. The van der Waals surface area contributed by atoms with Gasteiger partial charge in [0.05, 0.1) is 23.4 Å². The minimum atomic E-state index is -1.36. The Hall–Kier alpha value is -2.27. The fourth-order valence-electron chi connectivity index (χ4n) is 1.99. The standard InChI is InChI=1S/C15H12N2O2S/c1-19-15-14(20(18)11-7-3-2-4-8-11)12-9-5-6-10-13(12)16-17-15/h2-10H,1H3. The zero-order valence-electron chi connectivity index (χ0n) is 10.8. The summed E-state index contributed by atoms with van der Waals surface area (Å²) in [6.07, 6.45) is 0. The minimum absolute atomic E-state index is 0.297. The molecular weight excluding hydrogens is 272 g/mol. The molecule has 0 fully saturated rings. The van der Waals surface area contributed by atoms with E-state index in [-0.39, 0.29) is 0 Å². The maximum absolute atomic E-state index is 12.8.